The number of aromatic carboxylic acids is 1. The Morgan fingerprint density at radius 3 is 2.83 bits per heavy atom. The number of benzene rings is 1. The molecular formula is C11H14N2O5. The zero-order valence-corrected chi connectivity index (χ0v) is 9.88. The van der Waals surface area contributed by atoms with Crippen LogP contribution in [-0.4, -0.2) is 36.3 Å². The predicted molar refractivity (Wildman–Crippen MR) is 63.6 cm³/mol. The molecule has 0 saturated heterocycles. The molecular weight excluding hydrogens is 240 g/mol. The van der Waals surface area contributed by atoms with Crippen molar-refractivity contribution in [3.63, 3.8) is 0 Å². The average molecular weight is 254 g/mol. The Kier molecular flexibility index (Phi) is 5.22. The second kappa shape index (κ2) is 6.67. The van der Waals surface area contributed by atoms with Crippen LogP contribution in [0.25, 0.3) is 0 Å². The maximum absolute atomic E-state index is 11.1. The largest absolute Gasteiger partial charge is 0.477 e. The third-order valence-electron chi connectivity index (χ3n) is 2.34. The normalized spacial score (nSPS) is 10.3. The number of nitro benzene ring substituents is 1. The molecule has 0 aliphatic carbocycles. The molecule has 0 heterocycles. The molecule has 0 aliphatic heterocycles. The lowest BCUT2D eigenvalue weighted by Crippen LogP contribution is -2.20. The minimum atomic E-state index is -1.30. The molecule has 0 amide bonds. The van der Waals surface area contributed by atoms with Gasteiger partial charge in [-0.3, -0.25) is 10.1 Å². The fourth-order valence-corrected chi connectivity index (χ4v) is 1.53. The van der Waals surface area contributed by atoms with Crippen molar-refractivity contribution in [3.05, 3.63) is 39.4 Å². The first-order valence-electron chi connectivity index (χ1n) is 5.27. The third-order valence-corrected chi connectivity index (χ3v) is 2.34. The highest BCUT2D eigenvalue weighted by atomic mass is 16.6. The summed E-state index contributed by atoms with van der Waals surface area (Å²) >= 11 is 0. The number of carboxylic acid groups (broad SMARTS) is 1. The summed E-state index contributed by atoms with van der Waals surface area (Å²) in [6.45, 7) is 1.27. The third kappa shape index (κ3) is 3.51. The Bertz CT molecular complexity index is 447. The van der Waals surface area contributed by atoms with E-state index in [0.717, 1.165) is 0 Å². The van der Waals surface area contributed by atoms with E-state index in [-0.39, 0.29) is 12.1 Å². The van der Waals surface area contributed by atoms with E-state index in [1.165, 1.54) is 12.1 Å². The van der Waals surface area contributed by atoms with Crippen LogP contribution in [0.15, 0.2) is 18.2 Å². The van der Waals surface area contributed by atoms with E-state index in [4.69, 9.17) is 9.84 Å². The molecule has 0 fully saturated rings. The Morgan fingerprint density at radius 1 is 1.56 bits per heavy atom. The van der Waals surface area contributed by atoms with Crippen molar-refractivity contribution in [1.29, 1.82) is 0 Å². The zero-order valence-electron chi connectivity index (χ0n) is 9.88. The summed E-state index contributed by atoms with van der Waals surface area (Å²) in [7, 11) is 1.55. The van der Waals surface area contributed by atoms with Gasteiger partial charge in [-0.1, -0.05) is 12.1 Å². The molecule has 0 aliphatic rings. The summed E-state index contributed by atoms with van der Waals surface area (Å²) in [5.74, 6) is -1.30. The molecule has 18 heavy (non-hydrogen) atoms. The molecule has 0 spiro atoms. The fraction of sp³-hybridized carbons (Fsp3) is 0.364. The molecule has 0 bridgehead atoms. The van der Waals surface area contributed by atoms with E-state index in [0.29, 0.717) is 18.7 Å². The van der Waals surface area contributed by atoms with Crippen molar-refractivity contribution >= 4 is 11.7 Å². The number of hydrogen-bond donors (Lipinski definition) is 2. The standard InChI is InChI=1S/C11H14N2O5/c1-18-6-5-12-7-8-3-2-4-9(13(16)17)10(8)11(14)15/h2-4,12H,5-7H2,1H3,(H,14,15). The number of carbonyl (C=O) groups is 1. The molecule has 0 saturated carbocycles. The van der Waals surface area contributed by atoms with E-state index in [2.05, 4.69) is 5.32 Å². The summed E-state index contributed by atoms with van der Waals surface area (Å²) in [5, 5.41) is 22.8. The Labute approximate surface area is 104 Å². The lowest BCUT2D eigenvalue weighted by Gasteiger charge is -2.07. The van der Waals surface area contributed by atoms with E-state index in [1.54, 1.807) is 13.2 Å². The number of nitrogens with one attached hydrogen (secondary N) is 1. The van der Waals surface area contributed by atoms with Crippen LogP contribution in [0.2, 0.25) is 0 Å². The van der Waals surface area contributed by atoms with Crippen LogP contribution in [0.1, 0.15) is 15.9 Å². The molecule has 0 atom stereocenters. The highest BCUT2D eigenvalue weighted by Gasteiger charge is 2.22. The van der Waals surface area contributed by atoms with E-state index >= 15 is 0 Å². The maximum atomic E-state index is 11.1. The Balaban J connectivity index is 2.93. The highest BCUT2D eigenvalue weighted by Crippen LogP contribution is 2.22. The number of methoxy groups -OCH3 is 1. The second-order valence-electron chi connectivity index (χ2n) is 3.54. The smallest absolute Gasteiger partial charge is 0.343 e. The monoisotopic (exact) mass is 254 g/mol. The van der Waals surface area contributed by atoms with Crippen LogP contribution in [0.5, 0.6) is 0 Å². The number of ether oxygens (including phenoxy) is 1. The molecule has 1 rings (SSSR count). The van der Waals surface area contributed by atoms with Crippen LogP contribution >= 0.6 is 0 Å². The van der Waals surface area contributed by atoms with Crippen molar-refractivity contribution in [2.24, 2.45) is 0 Å². The minimum Gasteiger partial charge on any atom is -0.477 e. The van der Waals surface area contributed by atoms with Gasteiger partial charge >= 0.3 is 5.97 Å². The first kappa shape index (κ1) is 14.1. The van der Waals surface area contributed by atoms with Crippen LogP contribution in [0.4, 0.5) is 5.69 Å². The summed E-state index contributed by atoms with van der Waals surface area (Å²) in [6, 6.07) is 4.20. The van der Waals surface area contributed by atoms with Gasteiger partial charge in [0.05, 0.1) is 11.5 Å². The lowest BCUT2D eigenvalue weighted by molar-refractivity contribution is -0.385. The van der Waals surface area contributed by atoms with Crippen LogP contribution < -0.4 is 5.32 Å². The Hall–Kier alpha value is -1.99. The lowest BCUT2D eigenvalue weighted by atomic mass is 10.1. The van der Waals surface area contributed by atoms with E-state index in [9.17, 15) is 14.9 Å². The van der Waals surface area contributed by atoms with E-state index in [1.807, 2.05) is 0 Å². The number of hydrogen-bond acceptors (Lipinski definition) is 5. The van der Waals surface area contributed by atoms with Gasteiger partial charge in [-0.15, -0.1) is 0 Å². The zero-order chi connectivity index (χ0) is 13.5. The van der Waals surface area contributed by atoms with Gasteiger partial charge in [0.15, 0.2) is 0 Å². The molecule has 1 aromatic rings. The summed E-state index contributed by atoms with van der Waals surface area (Å²) < 4.78 is 4.83. The van der Waals surface area contributed by atoms with Gasteiger partial charge < -0.3 is 15.2 Å². The fourth-order valence-electron chi connectivity index (χ4n) is 1.53. The average Bonchev–Trinajstić information content (AvgIpc) is 2.33. The second-order valence-corrected chi connectivity index (χ2v) is 3.54. The Morgan fingerprint density at radius 2 is 2.28 bits per heavy atom. The molecule has 0 radical (unpaired) electrons. The topological polar surface area (TPSA) is 102 Å². The number of nitrogens with zero attached hydrogens (tertiary/aromatic N) is 1. The number of rotatable bonds is 7. The van der Waals surface area contributed by atoms with Gasteiger partial charge in [0.2, 0.25) is 0 Å². The van der Waals surface area contributed by atoms with Crippen molar-refractivity contribution in [2.75, 3.05) is 20.3 Å². The molecule has 98 valence electrons. The van der Waals surface area contributed by atoms with Gasteiger partial charge in [0, 0.05) is 26.3 Å². The number of carboxylic acids is 1. The van der Waals surface area contributed by atoms with Gasteiger partial charge in [0.1, 0.15) is 5.56 Å². The van der Waals surface area contributed by atoms with Crippen molar-refractivity contribution in [2.45, 2.75) is 6.54 Å². The molecule has 0 aromatic heterocycles. The van der Waals surface area contributed by atoms with Gasteiger partial charge in [-0.2, -0.15) is 0 Å². The molecule has 7 heteroatoms. The molecule has 2 N–H and O–H groups in total. The molecule has 7 nitrogen and oxygen atoms in total. The quantitative estimate of drug-likeness (QED) is 0.428. The summed E-state index contributed by atoms with van der Waals surface area (Å²) in [6.07, 6.45) is 0. The predicted octanol–water partition coefficient (Wildman–Crippen LogP) is 1.03. The summed E-state index contributed by atoms with van der Waals surface area (Å²) in [5.41, 5.74) is -0.284. The summed E-state index contributed by atoms with van der Waals surface area (Å²) in [4.78, 5) is 21.1. The van der Waals surface area contributed by atoms with Gasteiger partial charge in [-0.05, 0) is 5.56 Å². The van der Waals surface area contributed by atoms with Crippen molar-refractivity contribution in [1.82, 2.24) is 5.32 Å². The first-order chi connectivity index (χ1) is 8.57. The van der Waals surface area contributed by atoms with Crippen molar-refractivity contribution in [3.8, 4) is 0 Å². The van der Waals surface area contributed by atoms with Crippen LogP contribution in [-0.2, 0) is 11.3 Å². The van der Waals surface area contributed by atoms with Crippen molar-refractivity contribution < 1.29 is 19.6 Å². The number of nitro groups is 1. The van der Waals surface area contributed by atoms with Gasteiger partial charge in [-0.25, -0.2) is 4.79 Å². The van der Waals surface area contributed by atoms with Crippen LogP contribution in [0, 0.1) is 10.1 Å². The molecule has 0 unspecified atom stereocenters. The minimum absolute atomic E-state index is 0.243. The van der Waals surface area contributed by atoms with Gasteiger partial charge in [0.25, 0.3) is 5.69 Å². The highest BCUT2D eigenvalue weighted by molar-refractivity contribution is 5.94. The van der Waals surface area contributed by atoms with Crippen LogP contribution in [0.3, 0.4) is 0 Å². The van der Waals surface area contributed by atoms with E-state index < -0.39 is 16.6 Å². The first-order valence-corrected chi connectivity index (χ1v) is 5.27. The molecule has 1 aromatic carbocycles. The maximum Gasteiger partial charge on any atom is 0.343 e. The SMILES string of the molecule is COCCNCc1cccc([N+](=O)[O-])c1C(=O)O.